The first-order valence-corrected chi connectivity index (χ1v) is 6.08. The summed E-state index contributed by atoms with van der Waals surface area (Å²) in [6.07, 6.45) is 7.39. The summed E-state index contributed by atoms with van der Waals surface area (Å²) < 4.78 is 7.17. The molecule has 16 heavy (non-hydrogen) atoms. The van der Waals surface area contributed by atoms with E-state index in [1.807, 2.05) is 12.4 Å². The first kappa shape index (κ1) is 13.2. The van der Waals surface area contributed by atoms with E-state index in [4.69, 9.17) is 4.74 Å². The third kappa shape index (κ3) is 4.77. The van der Waals surface area contributed by atoms with Crippen LogP contribution in [0.4, 0.5) is 0 Å². The maximum Gasteiger partial charge on any atom is 0.108 e. The SMILES string of the molecule is CCn1ccnc1CCCCNCCOC. The minimum absolute atomic E-state index is 0.792. The molecule has 0 atom stereocenters. The van der Waals surface area contributed by atoms with Gasteiger partial charge in [-0.25, -0.2) is 4.98 Å². The summed E-state index contributed by atoms with van der Waals surface area (Å²) in [5.41, 5.74) is 0. The summed E-state index contributed by atoms with van der Waals surface area (Å²) in [6, 6.07) is 0. The van der Waals surface area contributed by atoms with Crippen molar-refractivity contribution in [3.05, 3.63) is 18.2 Å². The summed E-state index contributed by atoms with van der Waals surface area (Å²) in [5, 5.41) is 3.34. The van der Waals surface area contributed by atoms with E-state index in [2.05, 4.69) is 21.8 Å². The molecule has 4 heteroatoms. The van der Waals surface area contributed by atoms with Crippen LogP contribution in [0.1, 0.15) is 25.6 Å². The van der Waals surface area contributed by atoms with Crippen molar-refractivity contribution in [1.29, 1.82) is 0 Å². The number of nitrogens with one attached hydrogen (secondary N) is 1. The fourth-order valence-corrected chi connectivity index (χ4v) is 1.69. The Morgan fingerprint density at radius 2 is 2.25 bits per heavy atom. The number of nitrogens with zero attached hydrogens (tertiary/aromatic N) is 2. The number of methoxy groups -OCH3 is 1. The molecule has 0 aromatic carbocycles. The molecule has 1 aromatic rings. The Kier molecular flexibility index (Phi) is 6.85. The Balaban J connectivity index is 2.03. The number of imidazole rings is 1. The number of ether oxygens (including phenoxy) is 1. The van der Waals surface area contributed by atoms with Crippen LogP contribution in [0.15, 0.2) is 12.4 Å². The zero-order chi connectivity index (χ0) is 11.6. The van der Waals surface area contributed by atoms with Crippen molar-refractivity contribution in [3.63, 3.8) is 0 Å². The fraction of sp³-hybridized carbons (Fsp3) is 0.750. The molecule has 0 radical (unpaired) electrons. The summed E-state index contributed by atoms with van der Waals surface area (Å²) >= 11 is 0. The van der Waals surface area contributed by atoms with Gasteiger partial charge in [-0.1, -0.05) is 0 Å². The number of aromatic nitrogens is 2. The molecule has 0 bridgehead atoms. The Hall–Kier alpha value is -0.870. The van der Waals surface area contributed by atoms with Gasteiger partial charge in [-0.2, -0.15) is 0 Å². The van der Waals surface area contributed by atoms with Crippen LogP contribution in [0.2, 0.25) is 0 Å². The van der Waals surface area contributed by atoms with Crippen molar-refractivity contribution in [3.8, 4) is 0 Å². The molecule has 0 amide bonds. The average molecular weight is 225 g/mol. The van der Waals surface area contributed by atoms with Crippen LogP contribution in [0.3, 0.4) is 0 Å². The molecule has 1 heterocycles. The molecule has 1 aromatic heterocycles. The number of hydrogen-bond acceptors (Lipinski definition) is 3. The molecule has 0 saturated carbocycles. The summed E-state index contributed by atoms with van der Waals surface area (Å²) in [7, 11) is 1.73. The summed E-state index contributed by atoms with van der Waals surface area (Å²) in [6.45, 7) is 5.97. The van der Waals surface area contributed by atoms with Gasteiger partial charge in [0.2, 0.25) is 0 Å². The van der Waals surface area contributed by atoms with Gasteiger partial charge in [0.25, 0.3) is 0 Å². The van der Waals surface area contributed by atoms with Crippen LogP contribution in [-0.2, 0) is 17.7 Å². The van der Waals surface area contributed by atoms with Gasteiger partial charge in [-0.15, -0.1) is 0 Å². The largest absolute Gasteiger partial charge is 0.383 e. The van der Waals surface area contributed by atoms with Crippen LogP contribution < -0.4 is 5.32 Å². The molecule has 4 nitrogen and oxygen atoms in total. The Bertz CT molecular complexity index is 273. The minimum Gasteiger partial charge on any atom is -0.383 e. The number of rotatable bonds is 9. The Labute approximate surface area is 98.0 Å². The van der Waals surface area contributed by atoms with Gasteiger partial charge in [0.15, 0.2) is 0 Å². The average Bonchev–Trinajstić information content (AvgIpc) is 2.75. The highest BCUT2D eigenvalue weighted by atomic mass is 16.5. The van der Waals surface area contributed by atoms with Gasteiger partial charge in [-0.3, -0.25) is 0 Å². The van der Waals surface area contributed by atoms with E-state index in [1.165, 1.54) is 18.7 Å². The smallest absolute Gasteiger partial charge is 0.108 e. The highest BCUT2D eigenvalue weighted by Gasteiger charge is 1.99. The van der Waals surface area contributed by atoms with Crippen LogP contribution >= 0.6 is 0 Å². The third-order valence-electron chi connectivity index (χ3n) is 2.63. The molecule has 0 aliphatic rings. The standard InChI is InChI=1S/C12H23N3O/c1-3-15-10-8-14-12(15)6-4-5-7-13-9-11-16-2/h8,10,13H,3-7,9,11H2,1-2H3. The van der Waals surface area contributed by atoms with Crippen molar-refractivity contribution < 1.29 is 4.74 Å². The van der Waals surface area contributed by atoms with E-state index >= 15 is 0 Å². The van der Waals surface area contributed by atoms with Crippen LogP contribution in [0, 0.1) is 0 Å². The van der Waals surface area contributed by atoms with Crippen molar-refractivity contribution in [2.45, 2.75) is 32.7 Å². The molecule has 92 valence electrons. The van der Waals surface area contributed by atoms with Crippen molar-refractivity contribution in [2.75, 3.05) is 26.8 Å². The molecule has 0 unspecified atom stereocenters. The van der Waals surface area contributed by atoms with Gasteiger partial charge >= 0.3 is 0 Å². The van der Waals surface area contributed by atoms with Crippen molar-refractivity contribution in [2.24, 2.45) is 0 Å². The summed E-state index contributed by atoms with van der Waals surface area (Å²) in [4.78, 5) is 4.36. The van der Waals surface area contributed by atoms with Crippen LogP contribution in [0.25, 0.3) is 0 Å². The number of aryl methyl sites for hydroxylation is 2. The maximum absolute atomic E-state index is 4.96. The maximum atomic E-state index is 4.96. The number of unbranched alkanes of at least 4 members (excludes halogenated alkanes) is 1. The lowest BCUT2D eigenvalue weighted by molar-refractivity contribution is 0.199. The molecule has 0 aliphatic heterocycles. The lowest BCUT2D eigenvalue weighted by Gasteiger charge is -2.05. The van der Waals surface area contributed by atoms with E-state index in [9.17, 15) is 0 Å². The lowest BCUT2D eigenvalue weighted by Crippen LogP contribution is -2.20. The normalized spacial score (nSPS) is 10.9. The highest BCUT2D eigenvalue weighted by molar-refractivity contribution is 4.92. The van der Waals surface area contributed by atoms with E-state index in [0.717, 1.165) is 32.7 Å². The second-order valence-electron chi connectivity index (χ2n) is 3.83. The second-order valence-corrected chi connectivity index (χ2v) is 3.83. The Morgan fingerprint density at radius 1 is 1.38 bits per heavy atom. The number of hydrogen-bond donors (Lipinski definition) is 1. The first-order valence-electron chi connectivity index (χ1n) is 6.08. The fourth-order valence-electron chi connectivity index (χ4n) is 1.69. The van der Waals surface area contributed by atoms with Gasteiger partial charge in [0.05, 0.1) is 6.61 Å². The first-order chi connectivity index (χ1) is 7.88. The van der Waals surface area contributed by atoms with Crippen molar-refractivity contribution >= 4 is 0 Å². The zero-order valence-corrected chi connectivity index (χ0v) is 10.4. The third-order valence-corrected chi connectivity index (χ3v) is 2.63. The second kappa shape index (κ2) is 8.30. The van der Waals surface area contributed by atoms with Gasteiger partial charge in [0.1, 0.15) is 5.82 Å². The molecule has 0 saturated heterocycles. The predicted octanol–water partition coefficient (Wildman–Crippen LogP) is 1.46. The van der Waals surface area contributed by atoms with Gasteiger partial charge in [0, 0.05) is 39.0 Å². The molecule has 0 spiro atoms. The minimum atomic E-state index is 0.792. The van der Waals surface area contributed by atoms with E-state index < -0.39 is 0 Å². The summed E-state index contributed by atoms with van der Waals surface area (Å²) in [5.74, 6) is 1.21. The van der Waals surface area contributed by atoms with E-state index in [0.29, 0.717) is 0 Å². The highest BCUT2D eigenvalue weighted by Crippen LogP contribution is 2.02. The van der Waals surface area contributed by atoms with Crippen LogP contribution in [-0.4, -0.2) is 36.4 Å². The predicted molar refractivity (Wildman–Crippen MR) is 65.6 cm³/mol. The molecule has 1 rings (SSSR count). The van der Waals surface area contributed by atoms with Gasteiger partial charge in [-0.05, 0) is 26.3 Å². The molecule has 0 aliphatic carbocycles. The molecule has 1 N–H and O–H groups in total. The van der Waals surface area contributed by atoms with Gasteiger partial charge < -0.3 is 14.6 Å². The van der Waals surface area contributed by atoms with E-state index in [1.54, 1.807) is 7.11 Å². The quantitative estimate of drug-likeness (QED) is 0.647. The molecular formula is C12H23N3O. The zero-order valence-electron chi connectivity index (χ0n) is 10.4. The van der Waals surface area contributed by atoms with Crippen LogP contribution in [0.5, 0.6) is 0 Å². The lowest BCUT2D eigenvalue weighted by atomic mass is 10.2. The molecular weight excluding hydrogens is 202 g/mol. The van der Waals surface area contributed by atoms with Crippen molar-refractivity contribution in [1.82, 2.24) is 14.9 Å². The topological polar surface area (TPSA) is 39.1 Å². The van der Waals surface area contributed by atoms with E-state index in [-0.39, 0.29) is 0 Å². The monoisotopic (exact) mass is 225 g/mol. The Morgan fingerprint density at radius 3 is 3.00 bits per heavy atom. The molecule has 0 fully saturated rings.